The first-order valence-electron chi connectivity index (χ1n) is 7.89. The van der Waals surface area contributed by atoms with Crippen LogP contribution in [0.25, 0.3) is 17.5 Å². The molecule has 0 aliphatic rings. The maximum atomic E-state index is 5.32. The van der Waals surface area contributed by atoms with Crippen LogP contribution in [0.15, 0.2) is 59.7 Å². The molecule has 6 nitrogen and oxygen atoms in total. The van der Waals surface area contributed by atoms with Gasteiger partial charge in [-0.15, -0.1) is 0 Å². The standard InChI is InChI=1S/C19H18N4O2S/c1-24-16-11-9-15(10-12-16)18-21-22-19(26)23(18)20-13-5-7-14-6-3-4-8-17(14)25-2/h3-13H,1-2H3,(H,22,26)/b7-5+,20-13?. The number of para-hydroxylation sites is 1. The molecule has 0 bridgehead atoms. The summed E-state index contributed by atoms with van der Waals surface area (Å²) in [5, 5.41) is 11.4. The van der Waals surface area contributed by atoms with Crippen LogP contribution in [0.5, 0.6) is 11.5 Å². The van der Waals surface area contributed by atoms with Crippen molar-refractivity contribution in [2.75, 3.05) is 14.2 Å². The highest BCUT2D eigenvalue weighted by atomic mass is 32.1. The van der Waals surface area contributed by atoms with Crippen LogP contribution in [-0.2, 0) is 0 Å². The van der Waals surface area contributed by atoms with Crippen molar-refractivity contribution >= 4 is 24.5 Å². The van der Waals surface area contributed by atoms with E-state index in [1.54, 1.807) is 25.1 Å². The van der Waals surface area contributed by atoms with Crippen LogP contribution in [0.4, 0.5) is 0 Å². The highest BCUT2D eigenvalue weighted by molar-refractivity contribution is 7.71. The quantitative estimate of drug-likeness (QED) is 0.525. The van der Waals surface area contributed by atoms with Gasteiger partial charge in [0, 0.05) is 17.3 Å². The van der Waals surface area contributed by atoms with Crippen molar-refractivity contribution in [3.63, 3.8) is 0 Å². The Balaban J connectivity index is 1.83. The third kappa shape index (κ3) is 3.89. The first-order valence-corrected chi connectivity index (χ1v) is 8.29. The molecule has 132 valence electrons. The van der Waals surface area contributed by atoms with Crippen molar-refractivity contribution in [3.8, 4) is 22.9 Å². The minimum Gasteiger partial charge on any atom is -0.497 e. The second-order valence-electron chi connectivity index (χ2n) is 5.26. The number of ether oxygens (including phenoxy) is 2. The summed E-state index contributed by atoms with van der Waals surface area (Å²) in [6.45, 7) is 0. The highest BCUT2D eigenvalue weighted by Gasteiger charge is 2.07. The second kappa shape index (κ2) is 8.26. The molecule has 0 unspecified atom stereocenters. The lowest BCUT2D eigenvalue weighted by Gasteiger charge is -2.03. The van der Waals surface area contributed by atoms with Crippen LogP contribution in [0.1, 0.15) is 5.56 Å². The number of methoxy groups -OCH3 is 2. The lowest BCUT2D eigenvalue weighted by Crippen LogP contribution is -1.94. The fourth-order valence-electron chi connectivity index (χ4n) is 2.38. The van der Waals surface area contributed by atoms with E-state index in [4.69, 9.17) is 21.7 Å². The van der Waals surface area contributed by atoms with Crippen molar-refractivity contribution in [2.45, 2.75) is 0 Å². The molecule has 0 saturated heterocycles. The number of rotatable bonds is 6. The number of nitrogens with one attached hydrogen (secondary N) is 1. The molecule has 3 aromatic rings. The van der Waals surface area contributed by atoms with Crippen LogP contribution >= 0.6 is 12.2 Å². The van der Waals surface area contributed by atoms with E-state index >= 15 is 0 Å². The molecule has 0 aliphatic heterocycles. The van der Waals surface area contributed by atoms with Gasteiger partial charge in [0.05, 0.1) is 14.2 Å². The second-order valence-corrected chi connectivity index (χ2v) is 5.64. The summed E-state index contributed by atoms with van der Waals surface area (Å²) in [5.41, 5.74) is 1.84. The van der Waals surface area contributed by atoms with Gasteiger partial charge in [-0.1, -0.05) is 18.2 Å². The zero-order valence-corrected chi connectivity index (χ0v) is 15.2. The molecule has 0 saturated carbocycles. The summed E-state index contributed by atoms with van der Waals surface area (Å²) >= 11 is 5.27. The Morgan fingerprint density at radius 1 is 1.08 bits per heavy atom. The van der Waals surface area contributed by atoms with Gasteiger partial charge >= 0.3 is 0 Å². The van der Waals surface area contributed by atoms with E-state index < -0.39 is 0 Å². The minimum absolute atomic E-state index is 0.415. The zero-order valence-electron chi connectivity index (χ0n) is 14.4. The molecule has 7 heteroatoms. The van der Waals surface area contributed by atoms with Gasteiger partial charge in [-0.2, -0.15) is 14.9 Å². The molecule has 1 heterocycles. The van der Waals surface area contributed by atoms with E-state index in [-0.39, 0.29) is 0 Å². The van der Waals surface area contributed by atoms with E-state index in [2.05, 4.69) is 15.3 Å². The maximum absolute atomic E-state index is 5.32. The average Bonchev–Trinajstić information content (AvgIpc) is 3.06. The molecule has 26 heavy (non-hydrogen) atoms. The van der Waals surface area contributed by atoms with Crippen LogP contribution < -0.4 is 9.47 Å². The molecular weight excluding hydrogens is 348 g/mol. The SMILES string of the molecule is COc1ccc(-c2n[nH]c(=S)n2N=C/C=C/c2ccccc2OC)cc1. The topological polar surface area (TPSA) is 64.4 Å². The Morgan fingerprint density at radius 2 is 1.85 bits per heavy atom. The van der Waals surface area contributed by atoms with Crippen molar-refractivity contribution < 1.29 is 9.47 Å². The summed E-state index contributed by atoms with van der Waals surface area (Å²) in [6, 6.07) is 15.3. The number of benzene rings is 2. The van der Waals surface area contributed by atoms with Gasteiger partial charge in [0.2, 0.25) is 4.77 Å². The van der Waals surface area contributed by atoms with Crippen molar-refractivity contribution in [3.05, 3.63) is 64.9 Å². The van der Waals surface area contributed by atoms with Gasteiger partial charge in [0.25, 0.3) is 0 Å². The van der Waals surface area contributed by atoms with Gasteiger partial charge in [-0.25, -0.2) is 5.10 Å². The Hall–Kier alpha value is -3.19. The summed E-state index contributed by atoms with van der Waals surface area (Å²) in [4.78, 5) is 0. The predicted octanol–water partition coefficient (Wildman–Crippen LogP) is 4.17. The monoisotopic (exact) mass is 366 g/mol. The molecule has 1 N–H and O–H groups in total. The number of allylic oxidation sites excluding steroid dienone is 1. The molecule has 3 rings (SSSR count). The van der Waals surface area contributed by atoms with E-state index in [0.717, 1.165) is 22.6 Å². The Morgan fingerprint density at radius 3 is 2.58 bits per heavy atom. The van der Waals surface area contributed by atoms with Gasteiger partial charge in [0.15, 0.2) is 5.82 Å². The molecule has 0 atom stereocenters. The first-order chi connectivity index (χ1) is 12.7. The number of hydrogen-bond acceptors (Lipinski definition) is 5. The van der Waals surface area contributed by atoms with Gasteiger partial charge < -0.3 is 9.47 Å². The zero-order chi connectivity index (χ0) is 18.4. The summed E-state index contributed by atoms with van der Waals surface area (Å²) in [7, 11) is 3.27. The molecule has 0 radical (unpaired) electrons. The molecule has 0 amide bonds. The number of aromatic amines is 1. The fourth-order valence-corrected chi connectivity index (χ4v) is 2.56. The van der Waals surface area contributed by atoms with Crippen LogP contribution in [-0.4, -0.2) is 35.3 Å². The van der Waals surface area contributed by atoms with E-state index in [1.165, 1.54) is 0 Å². The number of nitrogens with zero attached hydrogens (tertiary/aromatic N) is 3. The Kier molecular flexibility index (Phi) is 5.60. The van der Waals surface area contributed by atoms with Gasteiger partial charge in [0.1, 0.15) is 11.5 Å². The molecule has 0 fully saturated rings. The lowest BCUT2D eigenvalue weighted by molar-refractivity contribution is 0.414. The van der Waals surface area contributed by atoms with Crippen molar-refractivity contribution in [1.29, 1.82) is 0 Å². The summed E-state index contributed by atoms with van der Waals surface area (Å²) in [5.74, 6) is 2.20. The molecular formula is C19H18N4O2S. The van der Waals surface area contributed by atoms with Crippen LogP contribution in [0, 0.1) is 4.77 Å². The Labute approximate surface area is 156 Å². The van der Waals surface area contributed by atoms with E-state index in [1.807, 2.05) is 60.7 Å². The average molecular weight is 366 g/mol. The van der Waals surface area contributed by atoms with Gasteiger partial charge in [-0.05, 0) is 54.7 Å². The largest absolute Gasteiger partial charge is 0.497 e. The predicted molar refractivity (Wildman–Crippen MR) is 105 cm³/mol. The minimum atomic E-state index is 0.415. The fraction of sp³-hybridized carbons (Fsp3) is 0.105. The van der Waals surface area contributed by atoms with E-state index in [0.29, 0.717) is 10.6 Å². The third-order valence-corrected chi connectivity index (χ3v) is 3.95. The summed E-state index contributed by atoms with van der Waals surface area (Å²) < 4.78 is 12.5. The van der Waals surface area contributed by atoms with Crippen molar-refractivity contribution in [1.82, 2.24) is 14.9 Å². The maximum Gasteiger partial charge on any atom is 0.216 e. The molecule has 1 aromatic heterocycles. The van der Waals surface area contributed by atoms with Crippen LogP contribution in [0.3, 0.4) is 0 Å². The van der Waals surface area contributed by atoms with Crippen LogP contribution in [0.2, 0.25) is 0 Å². The normalized spacial score (nSPS) is 11.3. The van der Waals surface area contributed by atoms with Gasteiger partial charge in [-0.3, -0.25) is 0 Å². The molecule has 2 aromatic carbocycles. The molecule has 0 aliphatic carbocycles. The molecule has 0 spiro atoms. The smallest absolute Gasteiger partial charge is 0.216 e. The number of hydrogen-bond donors (Lipinski definition) is 1. The Bertz CT molecular complexity index is 987. The highest BCUT2D eigenvalue weighted by Crippen LogP contribution is 2.21. The van der Waals surface area contributed by atoms with E-state index in [9.17, 15) is 0 Å². The number of H-pyrrole nitrogens is 1. The summed E-state index contributed by atoms with van der Waals surface area (Å²) in [6.07, 6.45) is 5.40. The number of aromatic nitrogens is 3. The lowest BCUT2D eigenvalue weighted by atomic mass is 10.2. The third-order valence-electron chi connectivity index (χ3n) is 3.68. The first kappa shape index (κ1) is 17.6. The van der Waals surface area contributed by atoms with Crippen molar-refractivity contribution in [2.24, 2.45) is 5.10 Å².